The van der Waals surface area contributed by atoms with E-state index in [1.54, 1.807) is 0 Å². The average Bonchev–Trinajstić information content (AvgIpc) is 2.25. The fraction of sp³-hybridized carbons (Fsp3) is 1.00. The number of rotatable bonds is 6. The summed E-state index contributed by atoms with van der Waals surface area (Å²) in [5.41, 5.74) is 1.36. The Morgan fingerprint density at radius 1 is 0.706 bits per heavy atom. The van der Waals surface area contributed by atoms with Gasteiger partial charge in [0.05, 0.1) is 0 Å². The first kappa shape index (κ1) is 20.5. The first-order valence-electron chi connectivity index (χ1n) is 5.60. The van der Waals surface area contributed by atoms with E-state index in [0.717, 1.165) is 0 Å². The van der Waals surface area contributed by atoms with Crippen LogP contribution in [0.15, 0.2) is 0 Å². The Hall–Kier alpha value is 3.53. The second-order valence-electron chi connectivity index (χ2n) is 4.44. The molecule has 0 aliphatic carbocycles. The largest absolute Gasteiger partial charge is 0.231 e. The van der Waals surface area contributed by atoms with Gasteiger partial charge in [0.15, 0.2) is 0 Å². The molecule has 0 aromatic carbocycles. The van der Waals surface area contributed by atoms with Gasteiger partial charge in [0.2, 0.25) is 14.0 Å². The molecule has 9 heteroatoms. The molecule has 0 fully saturated rings. The summed E-state index contributed by atoms with van der Waals surface area (Å²) in [5.74, 6) is 0. The van der Waals surface area contributed by atoms with E-state index in [1.807, 2.05) is 0 Å². The minimum absolute atomic E-state index is 0.680. The molecule has 0 saturated carbocycles. The first-order valence-corrected chi connectivity index (χ1v) is 27.3. The van der Waals surface area contributed by atoms with Crippen molar-refractivity contribution in [2.24, 2.45) is 0 Å². The number of halogens is 6. The molecule has 2 atom stereocenters. The van der Waals surface area contributed by atoms with E-state index in [2.05, 4.69) is 119 Å². The first-order chi connectivity index (χ1) is 7.46. The lowest BCUT2D eigenvalue weighted by Crippen LogP contribution is -2.63. The molecule has 0 nitrogen and oxygen atoms in total. The highest BCUT2D eigenvalue weighted by atomic mass is 79.9. The summed E-state index contributed by atoms with van der Waals surface area (Å²) in [7, 11) is 0. The van der Waals surface area contributed by atoms with Crippen LogP contribution in [0.3, 0.4) is 0 Å². The highest BCUT2D eigenvalue weighted by molar-refractivity contribution is 9.74. The van der Waals surface area contributed by atoms with Crippen molar-refractivity contribution in [3.8, 4) is 0 Å². The lowest BCUT2D eigenvalue weighted by atomic mass is 10.4. The van der Waals surface area contributed by atoms with E-state index in [-0.39, 0.29) is 0 Å². The van der Waals surface area contributed by atoms with Crippen molar-refractivity contribution >= 4 is 106 Å². The maximum atomic E-state index is 4.10. The number of hydrogen-bond acceptors (Lipinski definition) is 0. The minimum Gasteiger partial charge on any atom is -0.114 e. The van der Waals surface area contributed by atoms with Gasteiger partial charge in [0.1, 0.15) is 0 Å². The van der Waals surface area contributed by atoms with Crippen LogP contribution >= 0.6 is 91.8 Å². The van der Waals surface area contributed by atoms with Crippen LogP contribution in [0.5, 0.6) is 0 Å². The molecule has 0 heterocycles. The summed E-state index contributed by atoms with van der Waals surface area (Å²) in [6.45, 7) is 9.19. The van der Waals surface area contributed by atoms with Crippen LogP contribution in [0.25, 0.3) is 0 Å². The molecule has 0 bridgehead atoms. The van der Waals surface area contributed by atoms with Gasteiger partial charge in [-0.1, -0.05) is 40.5 Å². The lowest BCUT2D eigenvalue weighted by Gasteiger charge is -2.43. The topological polar surface area (TPSA) is 0 Å². The molecular weight excluding hydrogens is 660 g/mol. The van der Waals surface area contributed by atoms with Gasteiger partial charge in [0, 0.05) is 0 Å². The van der Waals surface area contributed by atoms with Crippen LogP contribution in [-0.2, 0) is 0 Å². The molecule has 0 aliphatic heterocycles. The number of hydrogen-bond donors (Lipinski definition) is 0. The molecule has 0 saturated heterocycles. The zero-order valence-corrected chi connectivity index (χ0v) is 22.9. The van der Waals surface area contributed by atoms with Gasteiger partial charge < -0.3 is 0 Å². The second kappa shape index (κ2) is 7.69. The third kappa shape index (κ3) is 4.26. The molecule has 0 N–H and O–H groups in total. The molecule has 0 rings (SSSR count). The smallest absolute Gasteiger partial charge is 0.114 e. The van der Waals surface area contributed by atoms with Gasteiger partial charge in [-0.3, -0.25) is 0 Å². The van der Waals surface area contributed by atoms with E-state index in [0.29, 0.717) is 11.1 Å². The van der Waals surface area contributed by atoms with Gasteiger partial charge in [0.25, 0.3) is 0 Å². The molecule has 0 spiro atoms. The fourth-order valence-electron chi connectivity index (χ4n) is 1.35. The monoisotopic (exact) mass is 672 g/mol. The Bertz CT molecular complexity index is 234. The molecule has 0 aromatic heterocycles. The SMILES string of the molecule is CCC(C)[Si](Br)(Br)[Si](Br)(Br)[Si](Br)(Br)C(C)CC. The van der Waals surface area contributed by atoms with Crippen LogP contribution in [0, 0.1) is 0 Å². The van der Waals surface area contributed by atoms with Gasteiger partial charge in [-0.05, 0) is 11.1 Å². The Labute approximate surface area is 155 Å². The molecule has 104 valence electrons. The normalized spacial score (nSPS) is 18.0. The molecule has 0 aliphatic rings. The van der Waals surface area contributed by atoms with Crippen molar-refractivity contribution in [2.45, 2.75) is 51.6 Å². The summed E-state index contributed by atoms with van der Waals surface area (Å²) in [5, 5.41) is 0. The minimum atomic E-state index is -1.76. The maximum absolute atomic E-state index is 4.10. The zero-order valence-electron chi connectivity index (χ0n) is 10.3. The molecule has 2 unspecified atom stereocenters. The summed E-state index contributed by atoms with van der Waals surface area (Å²) < 4.78 is -1.76. The Morgan fingerprint density at radius 3 is 1.12 bits per heavy atom. The summed E-state index contributed by atoms with van der Waals surface area (Å²) >= 11 is 24.4. The van der Waals surface area contributed by atoms with Gasteiger partial charge in [-0.15, -0.1) is 91.8 Å². The van der Waals surface area contributed by atoms with Crippen molar-refractivity contribution in [3.63, 3.8) is 0 Å². The van der Waals surface area contributed by atoms with Crippen molar-refractivity contribution in [1.29, 1.82) is 0 Å². The van der Waals surface area contributed by atoms with Gasteiger partial charge in [-0.25, -0.2) is 0 Å². The fourth-order valence-corrected chi connectivity index (χ4v) is 99.2. The third-order valence-corrected chi connectivity index (χ3v) is 128. The van der Waals surface area contributed by atoms with Crippen LogP contribution in [0.1, 0.15) is 40.5 Å². The van der Waals surface area contributed by atoms with Crippen molar-refractivity contribution in [3.05, 3.63) is 0 Å². The standard InChI is InChI=1S/C8H18Br6Si3/c1-5-7(3)15(9,10)17(13,14)16(11,12)8(4)6-2/h7-8H,5-6H2,1-4H3. The molecule has 17 heavy (non-hydrogen) atoms. The molecule has 0 amide bonds. The second-order valence-corrected chi connectivity index (χ2v) is 70.1. The van der Waals surface area contributed by atoms with Gasteiger partial charge in [-0.2, -0.15) is 0 Å². The summed E-state index contributed by atoms with van der Waals surface area (Å²) in [4.78, 5) is -3.37. The van der Waals surface area contributed by atoms with E-state index < -0.39 is 14.0 Å². The van der Waals surface area contributed by atoms with Crippen LogP contribution in [0.4, 0.5) is 0 Å². The Balaban J connectivity index is 5.38. The van der Waals surface area contributed by atoms with Gasteiger partial charge >= 0.3 is 0 Å². The predicted octanol–water partition coefficient (Wildman–Crippen LogP) is 7.44. The maximum Gasteiger partial charge on any atom is 0.231 e. The zero-order chi connectivity index (χ0) is 14.1. The van der Waals surface area contributed by atoms with Crippen LogP contribution in [-0.4, -0.2) is 14.0 Å². The third-order valence-electron chi connectivity index (χ3n) is 3.30. The lowest BCUT2D eigenvalue weighted by molar-refractivity contribution is 0.868. The highest BCUT2D eigenvalue weighted by Gasteiger charge is 2.66. The average molecular weight is 678 g/mol. The quantitative estimate of drug-likeness (QED) is 0.203. The van der Waals surface area contributed by atoms with Crippen LogP contribution < -0.4 is 0 Å². The van der Waals surface area contributed by atoms with Crippen LogP contribution in [0.2, 0.25) is 11.1 Å². The summed E-state index contributed by atoms with van der Waals surface area (Å²) in [6, 6.07) is 0. The van der Waals surface area contributed by atoms with E-state index in [9.17, 15) is 0 Å². The molecule has 0 aromatic rings. The Kier molecular flexibility index (Phi) is 9.29. The highest BCUT2D eigenvalue weighted by Crippen LogP contribution is 2.59. The van der Waals surface area contributed by atoms with E-state index in [1.165, 1.54) is 12.8 Å². The molecular formula is C8H18Br6Si3. The van der Waals surface area contributed by atoms with E-state index >= 15 is 0 Å². The summed E-state index contributed by atoms with van der Waals surface area (Å²) in [6.07, 6.45) is 2.39. The van der Waals surface area contributed by atoms with E-state index in [4.69, 9.17) is 0 Å². The molecule has 0 radical (unpaired) electrons. The predicted molar refractivity (Wildman–Crippen MR) is 110 cm³/mol. The van der Waals surface area contributed by atoms with Crippen molar-refractivity contribution in [1.82, 2.24) is 0 Å². The Morgan fingerprint density at radius 2 is 0.941 bits per heavy atom. The van der Waals surface area contributed by atoms with Crippen molar-refractivity contribution < 1.29 is 0 Å². The van der Waals surface area contributed by atoms with Crippen molar-refractivity contribution in [2.75, 3.05) is 0 Å².